The number of anilines is 1. The van der Waals surface area contributed by atoms with Crippen LogP contribution >= 0.6 is 23.2 Å². The minimum absolute atomic E-state index is 0.0954. The summed E-state index contributed by atoms with van der Waals surface area (Å²) in [6.07, 6.45) is 4.35. The van der Waals surface area contributed by atoms with E-state index in [1.807, 2.05) is 30.9 Å². The van der Waals surface area contributed by atoms with Crippen LogP contribution in [0.25, 0.3) is 0 Å². The molecule has 0 saturated carbocycles. The summed E-state index contributed by atoms with van der Waals surface area (Å²) in [5.41, 5.74) is 0.0729. The van der Waals surface area contributed by atoms with Gasteiger partial charge in [-0.25, -0.2) is 17.7 Å². The van der Waals surface area contributed by atoms with E-state index in [-0.39, 0.29) is 26.7 Å². The number of hydrogen-bond acceptors (Lipinski definition) is 9. The number of methoxy groups -OCH3 is 2. The fourth-order valence-electron chi connectivity index (χ4n) is 6.44. The second-order valence-corrected chi connectivity index (χ2v) is 14.1. The van der Waals surface area contributed by atoms with Gasteiger partial charge >= 0.3 is 0 Å². The average Bonchev–Trinajstić information content (AvgIpc) is 3.79. The molecule has 10 nitrogen and oxygen atoms in total. The van der Waals surface area contributed by atoms with Gasteiger partial charge in [-0.15, -0.1) is 0 Å². The van der Waals surface area contributed by atoms with E-state index in [0.717, 1.165) is 9.87 Å². The summed E-state index contributed by atoms with van der Waals surface area (Å²) in [5, 5.41) is 3.70. The number of ether oxygens (including phenoxy) is 2. The number of halogens is 2. The minimum atomic E-state index is -4.48. The van der Waals surface area contributed by atoms with E-state index < -0.39 is 27.5 Å². The monoisotopic (exact) mass is 684 g/mol. The first-order valence-corrected chi connectivity index (χ1v) is 17.0. The van der Waals surface area contributed by atoms with E-state index in [0.29, 0.717) is 54.4 Å². The highest BCUT2D eigenvalue weighted by Gasteiger charge is 2.63. The number of benzene rings is 3. The first kappa shape index (κ1) is 32.3. The highest BCUT2D eigenvalue weighted by atomic mass is 35.5. The third-order valence-corrected chi connectivity index (χ3v) is 11.0. The largest absolute Gasteiger partial charge is 0.497 e. The number of likely N-dealkylation sites (tertiary alicyclic amines) is 1. The van der Waals surface area contributed by atoms with Gasteiger partial charge in [-0.3, -0.25) is 9.69 Å². The van der Waals surface area contributed by atoms with Gasteiger partial charge < -0.3 is 19.2 Å². The van der Waals surface area contributed by atoms with Gasteiger partial charge in [0.25, 0.3) is 15.9 Å². The average molecular weight is 686 g/mol. The molecule has 1 N–H and O–H groups in total. The molecule has 3 heterocycles. The molecule has 1 saturated heterocycles. The van der Waals surface area contributed by atoms with Crippen molar-refractivity contribution in [2.75, 3.05) is 25.1 Å². The van der Waals surface area contributed by atoms with Crippen LogP contribution in [-0.4, -0.2) is 51.0 Å². The molecular formula is C33H34Cl2N4O6S. The van der Waals surface area contributed by atoms with E-state index in [1.165, 1.54) is 50.8 Å². The standard InChI is InChI=1S/C33H34Cl2N4O6S/c1-20(2)37-19-21-7-12-30(44-4)25(16-21)33(38-14-5-6-28(38)31-36-13-15-45-31)24-17-26(34)27(35)18-29(24)39(32(33)40)46(41,42)23-10-8-22(43-3)9-11-23/h7-13,15-18,20,28,37H,5-6,14,19H2,1-4H3. The zero-order chi connectivity index (χ0) is 32.8. The summed E-state index contributed by atoms with van der Waals surface area (Å²) in [5.74, 6) is 0.570. The number of sulfonamides is 1. The normalized spacial score (nSPS) is 20.0. The quantitative estimate of drug-likeness (QED) is 0.205. The van der Waals surface area contributed by atoms with Gasteiger partial charge in [0.15, 0.2) is 5.54 Å². The summed E-state index contributed by atoms with van der Waals surface area (Å²) in [4.78, 5) is 21.8. The molecule has 4 aromatic rings. The lowest BCUT2D eigenvalue weighted by Crippen LogP contribution is -2.54. The Labute approximate surface area is 278 Å². The molecule has 0 radical (unpaired) electrons. The first-order valence-electron chi connectivity index (χ1n) is 14.8. The van der Waals surface area contributed by atoms with E-state index in [9.17, 15) is 8.42 Å². The van der Waals surface area contributed by atoms with Crippen LogP contribution in [-0.2, 0) is 26.9 Å². The van der Waals surface area contributed by atoms with Crippen molar-refractivity contribution in [1.29, 1.82) is 0 Å². The van der Waals surface area contributed by atoms with Gasteiger partial charge in [-0.05, 0) is 66.9 Å². The summed E-state index contributed by atoms with van der Waals surface area (Å²) < 4.78 is 46.9. The highest BCUT2D eigenvalue weighted by molar-refractivity contribution is 7.93. The summed E-state index contributed by atoms with van der Waals surface area (Å²) in [6.45, 7) is 5.01. The maximum atomic E-state index is 15.5. The third-order valence-electron chi connectivity index (χ3n) is 8.53. The van der Waals surface area contributed by atoms with Crippen LogP contribution in [0.15, 0.2) is 76.4 Å². The maximum absolute atomic E-state index is 15.5. The number of oxazole rings is 1. The molecule has 46 heavy (non-hydrogen) atoms. The van der Waals surface area contributed by atoms with E-state index in [4.69, 9.17) is 37.1 Å². The van der Waals surface area contributed by atoms with E-state index >= 15 is 4.79 Å². The molecule has 1 amide bonds. The molecule has 0 bridgehead atoms. The van der Waals surface area contributed by atoms with Crippen molar-refractivity contribution in [2.45, 2.75) is 55.8 Å². The van der Waals surface area contributed by atoms with Crippen molar-refractivity contribution in [3.63, 3.8) is 0 Å². The van der Waals surface area contributed by atoms with Crippen molar-refractivity contribution in [2.24, 2.45) is 0 Å². The topological polar surface area (TPSA) is 114 Å². The molecule has 242 valence electrons. The number of carbonyl (C=O) groups is 1. The molecule has 2 aliphatic heterocycles. The second-order valence-electron chi connectivity index (χ2n) is 11.5. The minimum Gasteiger partial charge on any atom is -0.497 e. The highest BCUT2D eigenvalue weighted by Crippen LogP contribution is 2.57. The molecule has 3 aromatic carbocycles. The fraction of sp³-hybridized carbons (Fsp3) is 0.333. The lowest BCUT2D eigenvalue weighted by molar-refractivity contribution is -0.127. The Bertz CT molecular complexity index is 1870. The van der Waals surface area contributed by atoms with Crippen molar-refractivity contribution < 1.29 is 27.1 Å². The molecule has 2 aliphatic rings. The first-order chi connectivity index (χ1) is 22.0. The summed E-state index contributed by atoms with van der Waals surface area (Å²) in [6, 6.07) is 14.3. The molecule has 0 aliphatic carbocycles. The van der Waals surface area contributed by atoms with Crippen LogP contribution in [0.4, 0.5) is 5.69 Å². The molecular weight excluding hydrogens is 651 g/mol. The summed E-state index contributed by atoms with van der Waals surface area (Å²) in [7, 11) is -1.47. The maximum Gasteiger partial charge on any atom is 0.271 e. The lowest BCUT2D eigenvalue weighted by atomic mass is 9.80. The van der Waals surface area contributed by atoms with E-state index in [2.05, 4.69) is 10.3 Å². The second kappa shape index (κ2) is 12.5. The SMILES string of the molecule is COc1ccc(S(=O)(=O)N2C(=O)C(c3cc(CNC(C)C)ccc3OC)(N3CCCC3c3ncco3)c3cc(Cl)c(Cl)cc32)cc1. The van der Waals surface area contributed by atoms with Gasteiger partial charge in [0, 0.05) is 30.3 Å². The number of nitrogens with one attached hydrogen (secondary N) is 1. The number of nitrogens with zero attached hydrogens (tertiary/aromatic N) is 3. The molecule has 1 aromatic heterocycles. The zero-order valence-electron chi connectivity index (χ0n) is 25.8. The number of hydrogen-bond donors (Lipinski definition) is 1. The van der Waals surface area contributed by atoms with Gasteiger partial charge in [-0.1, -0.05) is 43.1 Å². The fourth-order valence-corrected chi connectivity index (χ4v) is 8.22. The number of aromatic nitrogens is 1. The molecule has 1 fully saturated rings. The Morgan fingerprint density at radius 1 is 1.04 bits per heavy atom. The van der Waals surface area contributed by atoms with Crippen molar-refractivity contribution >= 4 is 44.8 Å². The zero-order valence-corrected chi connectivity index (χ0v) is 28.1. The van der Waals surface area contributed by atoms with Crippen molar-refractivity contribution in [3.8, 4) is 11.5 Å². The van der Waals surface area contributed by atoms with Crippen molar-refractivity contribution in [1.82, 2.24) is 15.2 Å². The van der Waals surface area contributed by atoms with Crippen LogP contribution in [0, 0.1) is 0 Å². The van der Waals surface area contributed by atoms with Gasteiger partial charge in [0.05, 0.1) is 47.1 Å². The molecule has 0 spiro atoms. The van der Waals surface area contributed by atoms with Crippen LogP contribution in [0.1, 0.15) is 55.3 Å². The molecule has 6 rings (SSSR count). The van der Waals surface area contributed by atoms with Crippen LogP contribution in [0.2, 0.25) is 10.0 Å². The summed E-state index contributed by atoms with van der Waals surface area (Å²) >= 11 is 13.2. The number of amides is 1. The van der Waals surface area contributed by atoms with Crippen molar-refractivity contribution in [3.05, 3.63) is 99.7 Å². The Balaban J connectivity index is 1.67. The van der Waals surface area contributed by atoms with Crippen LogP contribution in [0.3, 0.4) is 0 Å². The molecule has 2 atom stereocenters. The smallest absolute Gasteiger partial charge is 0.271 e. The number of fused-ring (bicyclic) bond motifs is 1. The van der Waals surface area contributed by atoms with Crippen LogP contribution < -0.4 is 19.1 Å². The molecule has 13 heteroatoms. The number of carbonyl (C=O) groups excluding carboxylic acids is 1. The Morgan fingerprint density at radius 3 is 2.43 bits per heavy atom. The Kier molecular flexibility index (Phi) is 8.81. The van der Waals surface area contributed by atoms with Gasteiger partial charge in [0.1, 0.15) is 17.8 Å². The van der Waals surface area contributed by atoms with Gasteiger partial charge in [-0.2, -0.15) is 0 Å². The van der Waals surface area contributed by atoms with Gasteiger partial charge in [0.2, 0.25) is 5.89 Å². The Morgan fingerprint density at radius 2 is 1.78 bits per heavy atom. The predicted molar refractivity (Wildman–Crippen MR) is 175 cm³/mol. The Hall–Kier alpha value is -3.61. The van der Waals surface area contributed by atoms with E-state index in [1.54, 1.807) is 18.3 Å². The third kappa shape index (κ3) is 5.24. The lowest BCUT2D eigenvalue weighted by Gasteiger charge is -2.41. The predicted octanol–water partition coefficient (Wildman–Crippen LogP) is 6.31. The van der Waals surface area contributed by atoms with Crippen LogP contribution in [0.5, 0.6) is 11.5 Å². The molecule has 2 unspecified atom stereocenters. The number of rotatable bonds is 10.